The van der Waals surface area contributed by atoms with Crippen LogP contribution in [0.1, 0.15) is 12.0 Å². The summed E-state index contributed by atoms with van der Waals surface area (Å²) in [6, 6.07) is 15.4. The Kier molecular flexibility index (Phi) is 6.15. The van der Waals surface area contributed by atoms with E-state index in [9.17, 15) is 13.2 Å². The quantitative estimate of drug-likeness (QED) is 0.803. The van der Waals surface area contributed by atoms with Crippen molar-refractivity contribution in [1.29, 1.82) is 0 Å². The molecule has 0 heterocycles. The molecule has 0 aliphatic carbocycles. The van der Waals surface area contributed by atoms with Crippen molar-refractivity contribution in [3.8, 4) is 0 Å². The molecular weight excluding hydrogens is 336 g/mol. The van der Waals surface area contributed by atoms with E-state index in [-0.39, 0.29) is 23.8 Å². The van der Waals surface area contributed by atoms with E-state index in [1.807, 2.05) is 30.3 Å². The zero-order chi connectivity index (χ0) is 16.7. The van der Waals surface area contributed by atoms with Crippen LogP contribution in [-0.2, 0) is 21.4 Å². The zero-order valence-electron chi connectivity index (χ0n) is 12.3. The Morgan fingerprint density at radius 1 is 1.04 bits per heavy atom. The van der Waals surface area contributed by atoms with Crippen LogP contribution in [0.25, 0.3) is 0 Å². The largest absolute Gasteiger partial charge is 0.352 e. The number of rotatable bonds is 7. The number of carbonyl (C=O) groups is 1. The Morgan fingerprint density at radius 3 is 2.48 bits per heavy atom. The molecule has 0 spiro atoms. The third-order valence-corrected chi connectivity index (χ3v) is 4.78. The van der Waals surface area contributed by atoms with Crippen LogP contribution in [0.15, 0.2) is 59.5 Å². The molecule has 5 nitrogen and oxygen atoms in total. The number of hydrogen-bond donors (Lipinski definition) is 2. The third kappa shape index (κ3) is 5.67. The number of hydrogen-bond acceptors (Lipinski definition) is 3. The van der Waals surface area contributed by atoms with Gasteiger partial charge in [0.2, 0.25) is 15.9 Å². The first kappa shape index (κ1) is 17.5. The minimum Gasteiger partial charge on any atom is -0.352 e. The molecule has 0 saturated heterocycles. The predicted molar refractivity (Wildman–Crippen MR) is 89.5 cm³/mol. The summed E-state index contributed by atoms with van der Waals surface area (Å²) in [6.45, 7) is 0.441. The maximum atomic E-state index is 12.0. The maximum absolute atomic E-state index is 12.0. The Labute approximate surface area is 140 Å². The molecule has 0 saturated carbocycles. The van der Waals surface area contributed by atoms with Gasteiger partial charge in [-0.3, -0.25) is 4.79 Å². The first-order valence-corrected chi connectivity index (χ1v) is 8.89. The van der Waals surface area contributed by atoms with E-state index in [1.165, 1.54) is 12.1 Å². The van der Waals surface area contributed by atoms with Crippen LogP contribution in [-0.4, -0.2) is 20.9 Å². The average molecular weight is 353 g/mol. The highest BCUT2D eigenvalue weighted by Gasteiger charge is 2.14. The van der Waals surface area contributed by atoms with Gasteiger partial charge < -0.3 is 5.32 Å². The minimum absolute atomic E-state index is 0.0233. The van der Waals surface area contributed by atoms with E-state index in [4.69, 9.17) is 11.6 Å². The van der Waals surface area contributed by atoms with E-state index < -0.39 is 10.0 Å². The number of sulfonamides is 1. The Bertz CT molecular complexity index is 764. The number of carbonyl (C=O) groups excluding carboxylic acids is 1. The lowest BCUT2D eigenvalue weighted by Crippen LogP contribution is -2.30. The van der Waals surface area contributed by atoms with Gasteiger partial charge in [0.15, 0.2) is 0 Å². The highest BCUT2D eigenvalue weighted by atomic mass is 35.5. The molecule has 0 aliphatic heterocycles. The molecule has 7 heteroatoms. The second kappa shape index (κ2) is 8.10. The lowest BCUT2D eigenvalue weighted by atomic mass is 10.2. The second-order valence-electron chi connectivity index (χ2n) is 4.87. The van der Waals surface area contributed by atoms with Gasteiger partial charge in [-0.15, -0.1) is 0 Å². The number of halogens is 1. The zero-order valence-corrected chi connectivity index (χ0v) is 13.9. The first-order valence-electron chi connectivity index (χ1n) is 7.03. The van der Waals surface area contributed by atoms with Crippen molar-refractivity contribution in [3.63, 3.8) is 0 Å². The summed E-state index contributed by atoms with van der Waals surface area (Å²) in [7, 11) is -3.66. The molecule has 23 heavy (non-hydrogen) atoms. The number of nitrogens with one attached hydrogen (secondary N) is 2. The standard InChI is InChI=1S/C16H17ClN2O3S/c17-14-7-4-8-15(11-14)23(21,22)19-10-9-16(20)18-12-13-5-2-1-3-6-13/h1-8,11,19H,9-10,12H2,(H,18,20). The monoisotopic (exact) mass is 352 g/mol. The van der Waals surface area contributed by atoms with Crippen molar-refractivity contribution in [2.45, 2.75) is 17.9 Å². The van der Waals surface area contributed by atoms with Crippen molar-refractivity contribution in [2.24, 2.45) is 0 Å². The van der Waals surface area contributed by atoms with E-state index >= 15 is 0 Å². The Balaban J connectivity index is 1.79. The Morgan fingerprint density at radius 2 is 1.78 bits per heavy atom. The third-order valence-electron chi connectivity index (χ3n) is 3.08. The molecule has 2 N–H and O–H groups in total. The van der Waals surface area contributed by atoms with E-state index in [0.29, 0.717) is 11.6 Å². The van der Waals surface area contributed by atoms with E-state index in [2.05, 4.69) is 10.0 Å². The smallest absolute Gasteiger partial charge is 0.240 e. The summed E-state index contributed by atoms with van der Waals surface area (Å²) in [5.41, 5.74) is 0.986. The molecule has 0 aromatic heterocycles. The number of amides is 1. The van der Waals surface area contributed by atoms with Crippen molar-refractivity contribution in [1.82, 2.24) is 10.0 Å². The van der Waals surface area contributed by atoms with Crippen LogP contribution in [0.3, 0.4) is 0 Å². The minimum atomic E-state index is -3.66. The molecule has 0 atom stereocenters. The fourth-order valence-corrected chi connectivity index (χ4v) is 3.23. The molecule has 2 aromatic rings. The summed E-state index contributed by atoms with van der Waals surface area (Å²) < 4.78 is 26.5. The molecular formula is C16H17ClN2O3S. The van der Waals surface area contributed by atoms with Gasteiger partial charge in [-0.05, 0) is 23.8 Å². The summed E-state index contributed by atoms with van der Waals surface area (Å²) in [5.74, 6) is -0.220. The topological polar surface area (TPSA) is 75.3 Å². The van der Waals surface area contributed by atoms with Crippen LogP contribution in [0, 0.1) is 0 Å². The Hall–Kier alpha value is -1.89. The maximum Gasteiger partial charge on any atom is 0.240 e. The van der Waals surface area contributed by atoms with Crippen molar-refractivity contribution in [3.05, 3.63) is 65.2 Å². The van der Waals surface area contributed by atoms with Gasteiger partial charge in [0.25, 0.3) is 0 Å². The van der Waals surface area contributed by atoms with Crippen molar-refractivity contribution >= 4 is 27.5 Å². The van der Waals surface area contributed by atoms with Gasteiger partial charge in [-0.1, -0.05) is 48.0 Å². The van der Waals surface area contributed by atoms with Gasteiger partial charge in [0.1, 0.15) is 0 Å². The fourth-order valence-electron chi connectivity index (χ4n) is 1.90. The van der Waals surface area contributed by atoms with Crippen molar-refractivity contribution in [2.75, 3.05) is 6.54 Å². The second-order valence-corrected chi connectivity index (χ2v) is 7.07. The SMILES string of the molecule is O=C(CCNS(=O)(=O)c1cccc(Cl)c1)NCc1ccccc1. The summed E-state index contributed by atoms with van der Waals surface area (Å²) in [6.07, 6.45) is 0.0621. The molecule has 0 bridgehead atoms. The molecule has 0 fully saturated rings. The van der Waals surface area contributed by atoms with Crippen LogP contribution in [0.5, 0.6) is 0 Å². The van der Waals surface area contributed by atoms with Crippen LogP contribution >= 0.6 is 11.6 Å². The highest BCUT2D eigenvalue weighted by molar-refractivity contribution is 7.89. The molecule has 122 valence electrons. The summed E-state index contributed by atoms with van der Waals surface area (Å²) in [5, 5.41) is 3.08. The highest BCUT2D eigenvalue weighted by Crippen LogP contribution is 2.14. The normalized spacial score (nSPS) is 11.2. The molecule has 0 radical (unpaired) electrons. The lowest BCUT2D eigenvalue weighted by Gasteiger charge is -2.08. The van der Waals surface area contributed by atoms with Crippen LogP contribution in [0.4, 0.5) is 0 Å². The molecule has 0 unspecified atom stereocenters. The molecule has 2 aromatic carbocycles. The fraction of sp³-hybridized carbons (Fsp3) is 0.188. The van der Waals surface area contributed by atoms with Gasteiger partial charge in [-0.2, -0.15) is 0 Å². The van der Waals surface area contributed by atoms with Gasteiger partial charge in [-0.25, -0.2) is 13.1 Å². The lowest BCUT2D eigenvalue weighted by molar-refractivity contribution is -0.121. The van der Waals surface area contributed by atoms with Gasteiger partial charge >= 0.3 is 0 Å². The van der Waals surface area contributed by atoms with Gasteiger partial charge in [0, 0.05) is 24.5 Å². The first-order chi connectivity index (χ1) is 11.0. The summed E-state index contributed by atoms with van der Waals surface area (Å²) in [4.78, 5) is 11.8. The van der Waals surface area contributed by atoms with Crippen LogP contribution in [0.2, 0.25) is 5.02 Å². The van der Waals surface area contributed by atoms with E-state index in [0.717, 1.165) is 5.56 Å². The molecule has 1 amide bonds. The van der Waals surface area contributed by atoms with Gasteiger partial charge in [0.05, 0.1) is 4.90 Å². The molecule has 2 rings (SSSR count). The summed E-state index contributed by atoms with van der Waals surface area (Å²) >= 11 is 5.78. The predicted octanol–water partition coefficient (Wildman–Crippen LogP) is 2.32. The van der Waals surface area contributed by atoms with E-state index in [1.54, 1.807) is 12.1 Å². The average Bonchev–Trinajstić information content (AvgIpc) is 2.54. The number of benzene rings is 2. The van der Waals surface area contributed by atoms with Crippen molar-refractivity contribution < 1.29 is 13.2 Å². The molecule has 0 aliphatic rings. The van der Waals surface area contributed by atoms with Crippen LogP contribution < -0.4 is 10.0 Å².